The zero-order valence-corrected chi connectivity index (χ0v) is 9.80. The molecule has 0 aromatic heterocycles. The molecule has 90 valence electrons. The monoisotopic (exact) mass is 231 g/mol. The summed E-state index contributed by atoms with van der Waals surface area (Å²) in [6.45, 7) is 2.35. The van der Waals surface area contributed by atoms with Crippen LogP contribution in [-0.4, -0.2) is 24.2 Å². The summed E-state index contributed by atoms with van der Waals surface area (Å²) in [5.41, 5.74) is 2.12. The summed E-state index contributed by atoms with van der Waals surface area (Å²) in [4.78, 5) is 13.0. The number of carbonyl (C=O) groups is 1. The molecule has 3 aliphatic rings. The minimum Gasteiger partial charge on any atom is -0.481 e. The van der Waals surface area contributed by atoms with Crippen molar-refractivity contribution in [3.63, 3.8) is 0 Å². The summed E-state index contributed by atoms with van der Waals surface area (Å²) in [5, 5.41) is 8.72. The molecule has 1 saturated carbocycles. The molecule has 2 bridgehead atoms. The number of piperidine rings is 2. The van der Waals surface area contributed by atoms with Crippen LogP contribution in [0.4, 0.5) is 5.69 Å². The van der Waals surface area contributed by atoms with Gasteiger partial charge in [-0.1, -0.05) is 12.1 Å². The van der Waals surface area contributed by atoms with Crippen LogP contribution in [0.15, 0.2) is 24.3 Å². The normalized spacial score (nSPS) is 26.5. The fourth-order valence-corrected chi connectivity index (χ4v) is 3.08. The van der Waals surface area contributed by atoms with E-state index >= 15 is 0 Å². The average molecular weight is 231 g/mol. The van der Waals surface area contributed by atoms with Gasteiger partial charge in [-0.25, -0.2) is 0 Å². The molecule has 1 aromatic carbocycles. The number of benzene rings is 1. The topological polar surface area (TPSA) is 40.5 Å². The van der Waals surface area contributed by atoms with Crippen LogP contribution < -0.4 is 4.90 Å². The Bertz CT molecular complexity index is 410. The van der Waals surface area contributed by atoms with Crippen molar-refractivity contribution >= 4 is 11.7 Å². The van der Waals surface area contributed by atoms with Crippen molar-refractivity contribution in [1.29, 1.82) is 0 Å². The average Bonchev–Trinajstić information content (AvgIpc) is 2.28. The van der Waals surface area contributed by atoms with E-state index in [0.717, 1.165) is 17.4 Å². The van der Waals surface area contributed by atoms with Gasteiger partial charge >= 0.3 is 5.97 Å². The highest BCUT2D eigenvalue weighted by molar-refractivity contribution is 5.70. The summed E-state index contributed by atoms with van der Waals surface area (Å²) < 4.78 is 0. The van der Waals surface area contributed by atoms with Gasteiger partial charge in [0.15, 0.2) is 0 Å². The zero-order valence-electron chi connectivity index (χ0n) is 9.80. The number of hydrogen-bond donors (Lipinski definition) is 1. The molecule has 1 aromatic rings. The fourth-order valence-electron chi connectivity index (χ4n) is 3.08. The van der Waals surface area contributed by atoms with E-state index in [0.29, 0.717) is 0 Å². The summed E-state index contributed by atoms with van der Waals surface area (Å²) in [5.74, 6) is 1.02. The van der Waals surface area contributed by atoms with Crippen LogP contribution in [-0.2, 0) is 11.2 Å². The number of fused-ring (bicyclic) bond motifs is 2. The van der Waals surface area contributed by atoms with Crippen LogP contribution in [0.3, 0.4) is 0 Å². The predicted molar refractivity (Wildman–Crippen MR) is 66.2 cm³/mol. The minimum absolute atomic E-state index is 0.117. The van der Waals surface area contributed by atoms with Crippen LogP contribution in [0.1, 0.15) is 18.4 Å². The molecule has 0 unspecified atom stereocenters. The lowest BCUT2D eigenvalue weighted by Gasteiger charge is -2.48. The highest BCUT2D eigenvalue weighted by Gasteiger charge is 2.36. The number of rotatable bonds is 3. The lowest BCUT2D eigenvalue weighted by molar-refractivity contribution is -0.136. The molecule has 3 fully saturated rings. The van der Waals surface area contributed by atoms with Crippen molar-refractivity contribution in [2.75, 3.05) is 18.0 Å². The second-order valence-corrected chi connectivity index (χ2v) is 5.35. The molecule has 0 spiro atoms. The van der Waals surface area contributed by atoms with Crippen LogP contribution in [0, 0.1) is 11.8 Å². The molecule has 0 atom stereocenters. The van der Waals surface area contributed by atoms with E-state index in [2.05, 4.69) is 17.0 Å². The predicted octanol–water partition coefficient (Wildman–Crippen LogP) is 2.16. The highest BCUT2D eigenvalue weighted by Crippen LogP contribution is 2.40. The molecule has 4 rings (SSSR count). The molecule has 2 saturated heterocycles. The first kappa shape index (κ1) is 10.6. The van der Waals surface area contributed by atoms with E-state index in [1.165, 1.54) is 31.6 Å². The van der Waals surface area contributed by atoms with Crippen molar-refractivity contribution in [2.45, 2.75) is 19.3 Å². The standard InChI is InChI=1S/C14H17NO2/c16-14(17)7-10-1-3-13(4-2-10)15-8-11-5-12(6-11)9-15/h1-4,11-12H,5-9H2,(H,16,17). The minimum atomic E-state index is -0.767. The molecular weight excluding hydrogens is 214 g/mol. The lowest BCUT2D eigenvalue weighted by Crippen LogP contribution is -2.48. The first-order chi connectivity index (χ1) is 8.20. The Morgan fingerprint density at radius 2 is 1.76 bits per heavy atom. The third-order valence-corrected chi connectivity index (χ3v) is 3.95. The number of carboxylic acids is 1. The Morgan fingerprint density at radius 3 is 2.29 bits per heavy atom. The van der Waals surface area contributed by atoms with E-state index in [1.807, 2.05) is 12.1 Å². The molecule has 2 aliphatic heterocycles. The first-order valence-electron chi connectivity index (χ1n) is 6.26. The Balaban J connectivity index is 1.69. The van der Waals surface area contributed by atoms with Crippen molar-refractivity contribution in [2.24, 2.45) is 11.8 Å². The molecule has 0 amide bonds. The Labute approximate surface area is 101 Å². The number of aliphatic carboxylic acids is 1. The van der Waals surface area contributed by atoms with Crippen molar-refractivity contribution in [1.82, 2.24) is 0 Å². The fraction of sp³-hybridized carbons (Fsp3) is 0.500. The summed E-state index contributed by atoms with van der Waals surface area (Å²) >= 11 is 0. The van der Waals surface area contributed by atoms with Gasteiger partial charge < -0.3 is 10.0 Å². The molecule has 3 nitrogen and oxygen atoms in total. The Kier molecular flexibility index (Phi) is 2.54. The maximum Gasteiger partial charge on any atom is 0.307 e. The van der Waals surface area contributed by atoms with Gasteiger partial charge in [-0.2, -0.15) is 0 Å². The maximum atomic E-state index is 10.6. The quantitative estimate of drug-likeness (QED) is 0.866. The van der Waals surface area contributed by atoms with Crippen LogP contribution in [0.5, 0.6) is 0 Å². The van der Waals surface area contributed by atoms with Crippen molar-refractivity contribution in [3.8, 4) is 0 Å². The largest absolute Gasteiger partial charge is 0.481 e. The summed E-state index contributed by atoms with van der Waals surface area (Å²) in [7, 11) is 0. The highest BCUT2D eigenvalue weighted by atomic mass is 16.4. The molecule has 2 heterocycles. The molecule has 0 radical (unpaired) electrons. The molecule has 1 N–H and O–H groups in total. The SMILES string of the molecule is O=C(O)Cc1ccc(N2CC3CC(C3)C2)cc1. The van der Waals surface area contributed by atoms with E-state index in [-0.39, 0.29) is 6.42 Å². The lowest BCUT2D eigenvalue weighted by atomic mass is 9.71. The third-order valence-electron chi connectivity index (χ3n) is 3.95. The number of carboxylic acid groups (broad SMARTS) is 1. The Hall–Kier alpha value is -1.51. The van der Waals surface area contributed by atoms with Gasteiger partial charge in [0.05, 0.1) is 6.42 Å². The molecule has 3 heteroatoms. The molecule has 17 heavy (non-hydrogen) atoms. The molecule has 1 aliphatic carbocycles. The zero-order chi connectivity index (χ0) is 11.8. The second kappa shape index (κ2) is 4.06. The van der Waals surface area contributed by atoms with E-state index in [9.17, 15) is 4.79 Å². The van der Waals surface area contributed by atoms with Gasteiger partial charge in [0.2, 0.25) is 0 Å². The smallest absolute Gasteiger partial charge is 0.307 e. The van der Waals surface area contributed by atoms with Crippen LogP contribution >= 0.6 is 0 Å². The number of hydrogen-bond acceptors (Lipinski definition) is 2. The van der Waals surface area contributed by atoms with E-state index < -0.39 is 5.97 Å². The van der Waals surface area contributed by atoms with Crippen LogP contribution in [0.25, 0.3) is 0 Å². The van der Waals surface area contributed by atoms with Gasteiger partial charge in [0.1, 0.15) is 0 Å². The molecular formula is C14H17NO2. The number of anilines is 1. The van der Waals surface area contributed by atoms with Crippen LogP contribution in [0.2, 0.25) is 0 Å². The van der Waals surface area contributed by atoms with E-state index in [4.69, 9.17) is 5.11 Å². The first-order valence-corrected chi connectivity index (χ1v) is 6.26. The van der Waals surface area contributed by atoms with Gasteiger partial charge in [0, 0.05) is 18.8 Å². The van der Waals surface area contributed by atoms with Crippen molar-refractivity contribution in [3.05, 3.63) is 29.8 Å². The Morgan fingerprint density at radius 1 is 1.18 bits per heavy atom. The van der Waals surface area contributed by atoms with Gasteiger partial charge in [-0.15, -0.1) is 0 Å². The third kappa shape index (κ3) is 2.14. The van der Waals surface area contributed by atoms with E-state index in [1.54, 1.807) is 0 Å². The maximum absolute atomic E-state index is 10.6. The van der Waals surface area contributed by atoms with Gasteiger partial charge in [0.25, 0.3) is 0 Å². The number of nitrogens with zero attached hydrogens (tertiary/aromatic N) is 1. The van der Waals surface area contributed by atoms with Gasteiger partial charge in [-0.3, -0.25) is 4.79 Å². The summed E-state index contributed by atoms with van der Waals surface area (Å²) in [6.07, 6.45) is 2.94. The van der Waals surface area contributed by atoms with Crippen molar-refractivity contribution < 1.29 is 9.90 Å². The van der Waals surface area contributed by atoms with Gasteiger partial charge in [-0.05, 0) is 42.4 Å². The second-order valence-electron chi connectivity index (χ2n) is 5.35. The summed E-state index contributed by atoms with van der Waals surface area (Å²) in [6, 6.07) is 7.99.